The fraction of sp³-hybridized carbons (Fsp3) is 0.579. The second kappa shape index (κ2) is 7.70. The second-order valence-corrected chi connectivity index (χ2v) is 8.74. The summed E-state index contributed by atoms with van der Waals surface area (Å²) < 4.78 is 50.5. The lowest BCUT2D eigenvalue weighted by molar-refractivity contribution is -0.170. The van der Waals surface area contributed by atoms with Crippen molar-refractivity contribution in [1.82, 2.24) is 4.90 Å². The molecule has 3 rings (SSSR count). The van der Waals surface area contributed by atoms with E-state index in [2.05, 4.69) is 15.9 Å². The highest BCUT2D eigenvalue weighted by atomic mass is 79.9. The Morgan fingerprint density at radius 1 is 1.14 bits per heavy atom. The normalized spacial score (nSPS) is 17.1. The molecule has 0 radical (unpaired) electrons. The van der Waals surface area contributed by atoms with Gasteiger partial charge < -0.3 is 14.4 Å². The summed E-state index contributed by atoms with van der Waals surface area (Å²) in [6, 6.07) is 1.57. The van der Waals surface area contributed by atoms with Crippen LogP contribution in [0.2, 0.25) is 0 Å². The standard InChI is InChI=1S/C19H22BrF3N2O4/c1-18(2,3)29-17(27)24-6-4-11-10-13-15(14(20)12(11)5-7-24)28-9-8-25(13)16(26)19(21,22)23/h10H,4-9H2,1-3H3. The molecule has 2 aliphatic rings. The summed E-state index contributed by atoms with van der Waals surface area (Å²) >= 11 is 3.44. The first-order valence-electron chi connectivity index (χ1n) is 9.22. The van der Waals surface area contributed by atoms with Crippen LogP contribution in [-0.4, -0.2) is 54.9 Å². The molecular formula is C19H22BrF3N2O4. The molecule has 1 aromatic carbocycles. The second-order valence-electron chi connectivity index (χ2n) is 7.95. The highest BCUT2D eigenvalue weighted by molar-refractivity contribution is 9.10. The predicted octanol–water partition coefficient (Wildman–Crippen LogP) is 4.07. The number of hydrogen-bond donors (Lipinski definition) is 0. The van der Waals surface area contributed by atoms with Crippen LogP contribution in [0.5, 0.6) is 5.75 Å². The number of halogens is 4. The van der Waals surface area contributed by atoms with Crippen molar-refractivity contribution in [2.75, 3.05) is 31.1 Å². The number of amides is 2. The van der Waals surface area contributed by atoms with Crippen molar-refractivity contribution >= 4 is 33.6 Å². The van der Waals surface area contributed by atoms with E-state index in [9.17, 15) is 22.8 Å². The van der Waals surface area contributed by atoms with Gasteiger partial charge in [0.1, 0.15) is 12.2 Å². The Bertz CT molecular complexity index is 836. The summed E-state index contributed by atoms with van der Waals surface area (Å²) in [6.45, 7) is 5.91. The third kappa shape index (κ3) is 4.62. The Kier molecular flexibility index (Phi) is 5.77. The van der Waals surface area contributed by atoms with Crippen molar-refractivity contribution in [2.45, 2.75) is 45.4 Å². The molecule has 160 valence electrons. The number of rotatable bonds is 0. The zero-order chi connectivity index (χ0) is 21.6. The maximum absolute atomic E-state index is 13.0. The minimum atomic E-state index is -4.97. The van der Waals surface area contributed by atoms with Crippen LogP contribution < -0.4 is 9.64 Å². The number of alkyl halides is 3. The number of carbonyl (C=O) groups excluding carboxylic acids is 2. The van der Waals surface area contributed by atoms with Gasteiger partial charge in [-0.25, -0.2) is 4.79 Å². The van der Waals surface area contributed by atoms with Crippen LogP contribution in [0.4, 0.5) is 23.7 Å². The van der Waals surface area contributed by atoms with E-state index < -0.39 is 23.8 Å². The van der Waals surface area contributed by atoms with Gasteiger partial charge >= 0.3 is 18.2 Å². The molecule has 0 N–H and O–H groups in total. The predicted molar refractivity (Wildman–Crippen MR) is 103 cm³/mol. The van der Waals surface area contributed by atoms with E-state index in [0.717, 1.165) is 11.1 Å². The topological polar surface area (TPSA) is 59.1 Å². The number of anilines is 1. The van der Waals surface area contributed by atoms with Crippen molar-refractivity contribution < 1.29 is 32.2 Å². The zero-order valence-electron chi connectivity index (χ0n) is 16.4. The van der Waals surface area contributed by atoms with Crippen molar-refractivity contribution in [3.63, 3.8) is 0 Å². The first kappa shape index (κ1) is 21.7. The van der Waals surface area contributed by atoms with Crippen LogP contribution in [-0.2, 0) is 22.4 Å². The molecule has 0 saturated heterocycles. The molecule has 2 amide bonds. The highest BCUT2D eigenvalue weighted by Crippen LogP contribution is 2.44. The zero-order valence-corrected chi connectivity index (χ0v) is 17.9. The van der Waals surface area contributed by atoms with Crippen LogP contribution in [0.3, 0.4) is 0 Å². The van der Waals surface area contributed by atoms with E-state index in [0.29, 0.717) is 35.3 Å². The van der Waals surface area contributed by atoms with Gasteiger partial charge in [-0.2, -0.15) is 13.2 Å². The Labute approximate surface area is 175 Å². The molecule has 29 heavy (non-hydrogen) atoms. The summed E-state index contributed by atoms with van der Waals surface area (Å²) in [5.41, 5.74) is 1.10. The van der Waals surface area contributed by atoms with Gasteiger partial charge in [0.25, 0.3) is 0 Å². The molecule has 2 heterocycles. The van der Waals surface area contributed by atoms with E-state index in [1.54, 1.807) is 31.7 Å². The van der Waals surface area contributed by atoms with E-state index >= 15 is 0 Å². The van der Waals surface area contributed by atoms with E-state index in [4.69, 9.17) is 9.47 Å². The molecule has 0 spiro atoms. The van der Waals surface area contributed by atoms with Crippen molar-refractivity contribution in [1.29, 1.82) is 0 Å². The van der Waals surface area contributed by atoms with E-state index in [-0.39, 0.29) is 24.6 Å². The lowest BCUT2D eigenvalue weighted by Crippen LogP contribution is -2.45. The van der Waals surface area contributed by atoms with Gasteiger partial charge in [-0.3, -0.25) is 9.69 Å². The van der Waals surface area contributed by atoms with E-state index in [1.165, 1.54) is 0 Å². The quantitative estimate of drug-likeness (QED) is 0.563. The minimum Gasteiger partial charge on any atom is -0.488 e. The average molecular weight is 479 g/mol. The molecule has 0 fully saturated rings. The van der Waals surface area contributed by atoms with Gasteiger partial charge in [-0.05, 0) is 66.7 Å². The van der Waals surface area contributed by atoms with E-state index in [1.807, 2.05) is 0 Å². The maximum Gasteiger partial charge on any atom is 0.471 e. The Morgan fingerprint density at radius 2 is 1.79 bits per heavy atom. The van der Waals surface area contributed by atoms with Crippen molar-refractivity contribution in [2.24, 2.45) is 0 Å². The molecule has 2 aliphatic heterocycles. The molecule has 0 aromatic heterocycles. The van der Waals surface area contributed by atoms with Crippen molar-refractivity contribution in [3.05, 3.63) is 21.7 Å². The highest BCUT2D eigenvalue weighted by Gasteiger charge is 2.45. The molecule has 1 aromatic rings. The lowest BCUT2D eigenvalue weighted by Gasteiger charge is -2.32. The third-order valence-corrected chi connectivity index (χ3v) is 5.51. The fourth-order valence-electron chi connectivity index (χ4n) is 3.39. The molecular weight excluding hydrogens is 457 g/mol. The number of ether oxygens (including phenoxy) is 2. The maximum atomic E-state index is 13.0. The van der Waals surface area contributed by atoms with Crippen LogP contribution in [0.25, 0.3) is 0 Å². The summed E-state index contributed by atoms with van der Waals surface area (Å²) in [6.07, 6.45) is -4.49. The largest absolute Gasteiger partial charge is 0.488 e. The van der Waals surface area contributed by atoms with Gasteiger partial charge in [0.05, 0.1) is 16.7 Å². The van der Waals surface area contributed by atoms with Crippen LogP contribution in [0.15, 0.2) is 10.5 Å². The molecule has 6 nitrogen and oxygen atoms in total. The molecule has 0 aliphatic carbocycles. The molecule has 0 unspecified atom stereocenters. The van der Waals surface area contributed by atoms with Gasteiger partial charge in [0.15, 0.2) is 5.75 Å². The monoisotopic (exact) mass is 478 g/mol. The Morgan fingerprint density at radius 3 is 2.41 bits per heavy atom. The fourth-order valence-corrected chi connectivity index (χ4v) is 4.16. The lowest BCUT2D eigenvalue weighted by atomic mass is 10.0. The van der Waals surface area contributed by atoms with Gasteiger partial charge in [-0.15, -0.1) is 0 Å². The first-order chi connectivity index (χ1) is 13.4. The first-order valence-corrected chi connectivity index (χ1v) is 10.0. The summed E-state index contributed by atoms with van der Waals surface area (Å²) in [5.74, 6) is -1.70. The SMILES string of the molecule is CC(C)(C)OC(=O)N1CCc2cc3c(c(Br)c2CC1)OCCN3C(=O)C(F)(F)F. The number of hydrogen-bond acceptors (Lipinski definition) is 4. The summed E-state index contributed by atoms with van der Waals surface area (Å²) in [5, 5.41) is 0. The smallest absolute Gasteiger partial charge is 0.471 e. The molecule has 0 atom stereocenters. The number of fused-ring (bicyclic) bond motifs is 2. The molecule has 0 saturated carbocycles. The van der Waals surface area contributed by atoms with Gasteiger partial charge in [0.2, 0.25) is 0 Å². The average Bonchev–Trinajstić information content (AvgIpc) is 2.81. The van der Waals surface area contributed by atoms with Crippen LogP contribution in [0.1, 0.15) is 31.9 Å². The van der Waals surface area contributed by atoms with Crippen molar-refractivity contribution in [3.8, 4) is 5.75 Å². The number of carbonyl (C=O) groups is 2. The number of nitrogens with zero attached hydrogens (tertiary/aromatic N) is 2. The Balaban J connectivity index is 1.90. The Hall–Kier alpha value is -1.97. The molecule has 10 heteroatoms. The summed E-state index contributed by atoms with van der Waals surface area (Å²) in [7, 11) is 0. The van der Waals surface area contributed by atoms with Gasteiger partial charge in [0, 0.05) is 13.1 Å². The van der Waals surface area contributed by atoms with Crippen LogP contribution in [0, 0.1) is 0 Å². The third-order valence-electron chi connectivity index (χ3n) is 4.67. The van der Waals surface area contributed by atoms with Crippen LogP contribution >= 0.6 is 15.9 Å². The summed E-state index contributed by atoms with van der Waals surface area (Å²) in [4.78, 5) is 26.6. The molecule has 0 bridgehead atoms. The number of benzene rings is 1. The minimum absolute atomic E-state index is 0.0315. The van der Waals surface area contributed by atoms with Gasteiger partial charge in [-0.1, -0.05) is 0 Å².